The Morgan fingerprint density at radius 3 is 2.39 bits per heavy atom. The Kier molecular flexibility index (Phi) is 8.26. The van der Waals surface area contributed by atoms with Crippen LogP contribution in [0, 0.1) is 0 Å². The summed E-state index contributed by atoms with van der Waals surface area (Å²) < 4.78 is 34.0. The van der Waals surface area contributed by atoms with Gasteiger partial charge < -0.3 is 10.1 Å². The zero-order valence-electron chi connectivity index (χ0n) is 20.9. The first-order valence-electron chi connectivity index (χ1n) is 12.1. The number of anilines is 1. The van der Waals surface area contributed by atoms with Crippen LogP contribution in [0.25, 0.3) is 0 Å². The number of hydrogen-bond acceptors (Lipinski definition) is 5. The Morgan fingerprint density at radius 2 is 1.72 bits per heavy atom. The number of nitrogens with zero attached hydrogens (tertiary/aromatic N) is 1. The molecule has 0 bridgehead atoms. The van der Waals surface area contributed by atoms with Crippen LogP contribution in [0.5, 0.6) is 5.75 Å². The lowest BCUT2D eigenvalue weighted by atomic mass is 10.0. The first-order chi connectivity index (χ1) is 17.3. The van der Waals surface area contributed by atoms with Gasteiger partial charge in [0, 0.05) is 4.90 Å². The minimum atomic E-state index is -3.99. The lowest BCUT2D eigenvalue weighted by molar-refractivity contribution is -0.120. The molecule has 4 rings (SSSR count). The number of thioether (sulfide) groups is 1. The Labute approximate surface area is 218 Å². The standard InChI is InChI=1S/C28H32N2O4S2/c1-4-34-25-12-10-24(11-13-25)30(36(32,33)27-16-14-26(35-3)15-17-27)19-28(31)29-20(2)22-9-8-21-6-5-7-23(21)18-22/h8-18,20H,4-7,19H2,1-3H3,(H,29,31)/t20-/m1/s1. The molecule has 0 saturated carbocycles. The van der Waals surface area contributed by atoms with Crippen LogP contribution < -0.4 is 14.4 Å². The molecule has 0 unspecified atom stereocenters. The van der Waals surface area contributed by atoms with Gasteiger partial charge in [0.25, 0.3) is 10.0 Å². The van der Waals surface area contributed by atoms with Gasteiger partial charge in [-0.2, -0.15) is 0 Å². The molecular formula is C28H32N2O4S2. The van der Waals surface area contributed by atoms with E-state index in [0.29, 0.717) is 18.0 Å². The maximum absolute atomic E-state index is 13.7. The molecule has 190 valence electrons. The molecule has 0 radical (unpaired) electrons. The molecule has 8 heteroatoms. The van der Waals surface area contributed by atoms with Crippen LogP contribution in [0.4, 0.5) is 5.69 Å². The lowest BCUT2D eigenvalue weighted by Crippen LogP contribution is -2.41. The van der Waals surface area contributed by atoms with Gasteiger partial charge in [-0.25, -0.2) is 8.42 Å². The van der Waals surface area contributed by atoms with Gasteiger partial charge in [0.1, 0.15) is 12.3 Å². The van der Waals surface area contributed by atoms with Crippen LogP contribution >= 0.6 is 11.8 Å². The highest BCUT2D eigenvalue weighted by Crippen LogP contribution is 2.28. The van der Waals surface area contributed by atoms with E-state index in [-0.39, 0.29) is 23.4 Å². The normalized spacial score (nSPS) is 13.6. The van der Waals surface area contributed by atoms with Gasteiger partial charge in [-0.1, -0.05) is 18.2 Å². The van der Waals surface area contributed by atoms with Crippen LogP contribution in [-0.2, 0) is 27.7 Å². The van der Waals surface area contributed by atoms with Crippen molar-refractivity contribution < 1.29 is 17.9 Å². The first kappa shape index (κ1) is 26.1. The van der Waals surface area contributed by atoms with Crippen LogP contribution in [-0.4, -0.2) is 33.7 Å². The van der Waals surface area contributed by atoms with Crippen molar-refractivity contribution >= 4 is 33.4 Å². The predicted molar refractivity (Wildman–Crippen MR) is 145 cm³/mol. The monoisotopic (exact) mass is 524 g/mol. The fourth-order valence-electron chi connectivity index (χ4n) is 4.43. The van der Waals surface area contributed by atoms with Gasteiger partial charge in [-0.05, 0) is 105 Å². The van der Waals surface area contributed by atoms with E-state index >= 15 is 0 Å². The van der Waals surface area contributed by atoms with Crippen molar-refractivity contribution in [2.75, 3.05) is 23.7 Å². The number of amides is 1. The van der Waals surface area contributed by atoms with E-state index < -0.39 is 10.0 Å². The van der Waals surface area contributed by atoms with E-state index in [1.165, 1.54) is 22.9 Å². The molecule has 3 aromatic carbocycles. The highest BCUT2D eigenvalue weighted by molar-refractivity contribution is 7.98. The van der Waals surface area contributed by atoms with E-state index in [0.717, 1.165) is 34.0 Å². The quantitative estimate of drug-likeness (QED) is 0.361. The SMILES string of the molecule is CCOc1ccc(N(CC(=O)N[C@H](C)c2ccc3c(c2)CCC3)S(=O)(=O)c2ccc(SC)cc2)cc1. The number of sulfonamides is 1. The third kappa shape index (κ3) is 5.87. The molecule has 36 heavy (non-hydrogen) atoms. The van der Waals surface area contributed by atoms with Gasteiger partial charge in [0.05, 0.1) is 23.2 Å². The van der Waals surface area contributed by atoms with E-state index in [2.05, 4.69) is 17.4 Å². The summed E-state index contributed by atoms with van der Waals surface area (Å²) in [6.07, 6.45) is 5.25. The van der Waals surface area contributed by atoms with Crippen LogP contribution in [0.3, 0.4) is 0 Å². The zero-order chi connectivity index (χ0) is 25.7. The minimum Gasteiger partial charge on any atom is -0.494 e. The Bertz CT molecular complexity index is 1310. The van der Waals surface area contributed by atoms with Gasteiger partial charge in [0.15, 0.2) is 0 Å². The number of carbonyl (C=O) groups excluding carboxylic acids is 1. The average molecular weight is 525 g/mol. The van der Waals surface area contributed by atoms with E-state index in [1.54, 1.807) is 48.5 Å². The van der Waals surface area contributed by atoms with Gasteiger partial charge >= 0.3 is 0 Å². The van der Waals surface area contributed by atoms with Crippen molar-refractivity contribution in [3.63, 3.8) is 0 Å². The number of aryl methyl sites for hydroxylation is 2. The zero-order valence-corrected chi connectivity index (χ0v) is 22.5. The average Bonchev–Trinajstić information content (AvgIpc) is 3.36. The van der Waals surface area contributed by atoms with Crippen LogP contribution in [0.1, 0.15) is 43.0 Å². The summed E-state index contributed by atoms with van der Waals surface area (Å²) in [5.74, 6) is 0.263. The topological polar surface area (TPSA) is 75.7 Å². The molecular weight excluding hydrogens is 492 g/mol. The molecule has 0 heterocycles. The van der Waals surface area contributed by atoms with E-state index in [4.69, 9.17) is 4.74 Å². The third-order valence-corrected chi connectivity index (χ3v) is 8.90. The van der Waals surface area contributed by atoms with Crippen LogP contribution in [0.15, 0.2) is 76.5 Å². The maximum atomic E-state index is 13.7. The highest BCUT2D eigenvalue weighted by atomic mass is 32.2. The van der Waals surface area contributed by atoms with Crippen molar-refractivity contribution in [3.8, 4) is 5.75 Å². The van der Waals surface area contributed by atoms with Crippen molar-refractivity contribution in [3.05, 3.63) is 83.4 Å². The van der Waals surface area contributed by atoms with Crippen molar-refractivity contribution in [2.45, 2.75) is 48.9 Å². The van der Waals surface area contributed by atoms with Crippen molar-refractivity contribution in [1.82, 2.24) is 5.32 Å². The fourth-order valence-corrected chi connectivity index (χ4v) is 6.26. The van der Waals surface area contributed by atoms with Crippen molar-refractivity contribution in [2.24, 2.45) is 0 Å². The number of nitrogens with one attached hydrogen (secondary N) is 1. The predicted octanol–water partition coefficient (Wildman–Crippen LogP) is 5.37. The second kappa shape index (κ2) is 11.4. The second-order valence-corrected chi connectivity index (χ2v) is 11.5. The van der Waals surface area contributed by atoms with Gasteiger partial charge in [0.2, 0.25) is 5.91 Å². The molecule has 0 spiro atoms. The summed E-state index contributed by atoms with van der Waals surface area (Å²) in [6.45, 7) is 3.98. The number of hydrogen-bond donors (Lipinski definition) is 1. The summed E-state index contributed by atoms with van der Waals surface area (Å²) >= 11 is 1.54. The number of benzene rings is 3. The van der Waals surface area contributed by atoms with Crippen LogP contribution in [0.2, 0.25) is 0 Å². The molecule has 1 aliphatic rings. The molecule has 1 N–H and O–H groups in total. The Hall–Kier alpha value is -2.97. The summed E-state index contributed by atoms with van der Waals surface area (Å²) in [5, 5.41) is 2.99. The summed E-state index contributed by atoms with van der Waals surface area (Å²) in [4.78, 5) is 14.2. The second-order valence-electron chi connectivity index (χ2n) is 8.79. The van der Waals surface area contributed by atoms with Gasteiger partial charge in [-0.3, -0.25) is 9.10 Å². The summed E-state index contributed by atoms with van der Waals surface area (Å²) in [6, 6.07) is 19.5. The van der Waals surface area contributed by atoms with E-state index in [9.17, 15) is 13.2 Å². The largest absolute Gasteiger partial charge is 0.494 e. The maximum Gasteiger partial charge on any atom is 0.264 e. The third-order valence-electron chi connectivity index (χ3n) is 6.37. The molecule has 0 aliphatic heterocycles. The Balaban J connectivity index is 1.58. The number of carbonyl (C=O) groups is 1. The first-order valence-corrected chi connectivity index (χ1v) is 14.8. The fraction of sp³-hybridized carbons (Fsp3) is 0.321. The smallest absolute Gasteiger partial charge is 0.264 e. The molecule has 0 saturated heterocycles. The summed E-state index contributed by atoms with van der Waals surface area (Å²) in [5.41, 5.74) is 4.12. The number of fused-ring (bicyclic) bond motifs is 1. The van der Waals surface area contributed by atoms with E-state index in [1.807, 2.05) is 26.2 Å². The minimum absolute atomic E-state index is 0.133. The molecule has 0 fully saturated rings. The molecule has 6 nitrogen and oxygen atoms in total. The summed E-state index contributed by atoms with van der Waals surface area (Å²) in [7, 11) is -3.99. The van der Waals surface area contributed by atoms with Crippen molar-refractivity contribution in [1.29, 1.82) is 0 Å². The lowest BCUT2D eigenvalue weighted by Gasteiger charge is -2.25. The molecule has 1 atom stereocenters. The number of rotatable bonds is 10. The molecule has 3 aromatic rings. The Morgan fingerprint density at radius 1 is 1.03 bits per heavy atom. The molecule has 0 aromatic heterocycles. The molecule has 1 amide bonds. The van der Waals surface area contributed by atoms with Gasteiger partial charge in [-0.15, -0.1) is 11.8 Å². The highest BCUT2D eigenvalue weighted by Gasteiger charge is 2.28. The molecule has 1 aliphatic carbocycles. The number of ether oxygens (including phenoxy) is 1.